The number of aromatic nitrogens is 2. The van der Waals surface area contributed by atoms with Crippen molar-refractivity contribution in [1.29, 1.82) is 0 Å². The molecule has 0 amide bonds. The van der Waals surface area contributed by atoms with E-state index in [0.29, 0.717) is 12.1 Å². The Balaban J connectivity index is 2.09. The van der Waals surface area contributed by atoms with E-state index in [1.54, 1.807) is 17.5 Å². The lowest BCUT2D eigenvalue weighted by Crippen LogP contribution is -2.27. The smallest absolute Gasteiger partial charge is 0.258 e. The van der Waals surface area contributed by atoms with E-state index in [0.717, 1.165) is 11.1 Å². The summed E-state index contributed by atoms with van der Waals surface area (Å²) < 4.78 is 27.3. The largest absolute Gasteiger partial charge is 0.310 e. The van der Waals surface area contributed by atoms with E-state index < -0.39 is 10.0 Å². The molecular formula is C13H20N4O2S2. The number of nitrogens with one attached hydrogen (secondary N) is 3. The van der Waals surface area contributed by atoms with Gasteiger partial charge in [-0.3, -0.25) is 5.10 Å². The zero-order valence-electron chi connectivity index (χ0n) is 12.3. The summed E-state index contributed by atoms with van der Waals surface area (Å²) in [5, 5.41) is 13.7. The van der Waals surface area contributed by atoms with E-state index in [9.17, 15) is 8.42 Å². The number of hydrogen-bond acceptors (Lipinski definition) is 5. The summed E-state index contributed by atoms with van der Waals surface area (Å²) in [6.07, 6.45) is 1.54. The number of thiophene rings is 1. The Hall–Kier alpha value is -1.22. The predicted octanol–water partition coefficient (Wildman–Crippen LogP) is 1.76. The summed E-state index contributed by atoms with van der Waals surface area (Å²) in [5.74, 6) is 0. The normalized spacial score (nSPS) is 12.2. The third-order valence-corrected chi connectivity index (χ3v) is 5.39. The van der Waals surface area contributed by atoms with Gasteiger partial charge in [0.15, 0.2) is 5.03 Å². The fourth-order valence-corrected chi connectivity index (χ4v) is 3.77. The molecule has 116 valence electrons. The number of hydrogen-bond donors (Lipinski definition) is 3. The van der Waals surface area contributed by atoms with Crippen LogP contribution in [0.25, 0.3) is 0 Å². The summed E-state index contributed by atoms with van der Waals surface area (Å²) in [5.41, 5.74) is 2.72. The molecule has 0 aliphatic carbocycles. The van der Waals surface area contributed by atoms with Crippen molar-refractivity contribution in [2.45, 2.75) is 44.9 Å². The van der Waals surface area contributed by atoms with Crippen LogP contribution in [0.2, 0.25) is 0 Å². The zero-order valence-corrected chi connectivity index (χ0v) is 13.9. The maximum atomic E-state index is 12.4. The minimum Gasteiger partial charge on any atom is -0.310 e. The van der Waals surface area contributed by atoms with Gasteiger partial charge in [0.2, 0.25) is 0 Å². The van der Waals surface area contributed by atoms with E-state index in [4.69, 9.17) is 0 Å². The van der Waals surface area contributed by atoms with E-state index >= 15 is 0 Å². The highest BCUT2D eigenvalue weighted by Crippen LogP contribution is 2.16. The molecule has 2 heterocycles. The summed E-state index contributed by atoms with van der Waals surface area (Å²) in [6.45, 7) is 6.72. The molecule has 2 aromatic heterocycles. The lowest BCUT2D eigenvalue weighted by atomic mass is 10.2. The van der Waals surface area contributed by atoms with Crippen molar-refractivity contribution in [3.05, 3.63) is 33.6 Å². The molecule has 2 rings (SSSR count). The molecule has 0 unspecified atom stereocenters. The number of aromatic amines is 1. The summed E-state index contributed by atoms with van der Waals surface area (Å²) in [4.78, 5) is 0. The van der Waals surface area contributed by atoms with Crippen molar-refractivity contribution in [1.82, 2.24) is 20.2 Å². The monoisotopic (exact) mass is 328 g/mol. The molecule has 0 atom stereocenters. The van der Waals surface area contributed by atoms with Crippen LogP contribution in [0.3, 0.4) is 0 Å². The molecule has 0 aromatic carbocycles. The highest BCUT2D eigenvalue weighted by atomic mass is 32.2. The number of rotatable bonds is 7. The topological polar surface area (TPSA) is 86.9 Å². The lowest BCUT2D eigenvalue weighted by Gasteiger charge is -2.09. The quantitative estimate of drug-likeness (QED) is 0.723. The maximum Gasteiger partial charge on any atom is 0.258 e. The van der Waals surface area contributed by atoms with Gasteiger partial charge in [-0.15, -0.1) is 0 Å². The summed E-state index contributed by atoms with van der Waals surface area (Å²) >= 11 is 1.56. The van der Waals surface area contributed by atoms with Gasteiger partial charge in [-0.25, -0.2) is 13.1 Å². The second kappa shape index (κ2) is 6.69. The molecule has 0 bridgehead atoms. The number of nitrogens with zero attached hydrogens (tertiary/aromatic N) is 1. The number of sulfonamides is 1. The van der Waals surface area contributed by atoms with Crippen LogP contribution < -0.4 is 10.0 Å². The first-order chi connectivity index (χ1) is 9.90. The molecule has 0 aliphatic heterocycles. The molecule has 8 heteroatoms. The molecule has 0 spiro atoms. The Bertz CT molecular complexity index is 689. The van der Waals surface area contributed by atoms with Gasteiger partial charge in [0, 0.05) is 24.7 Å². The molecule has 2 aromatic rings. The van der Waals surface area contributed by atoms with Gasteiger partial charge in [0.05, 0.1) is 6.20 Å². The molecule has 21 heavy (non-hydrogen) atoms. The van der Waals surface area contributed by atoms with Crippen molar-refractivity contribution in [2.75, 3.05) is 0 Å². The Kier molecular flexibility index (Phi) is 5.15. The average molecular weight is 328 g/mol. The second-order valence-electron chi connectivity index (χ2n) is 5.16. The Labute approximate surface area is 129 Å². The maximum absolute atomic E-state index is 12.4. The molecule has 6 nitrogen and oxygen atoms in total. The average Bonchev–Trinajstić information content (AvgIpc) is 3.03. The fourth-order valence-electron chi connectivity index (χ4n) is 1.78. The van der Waals surface area contributed by atoms with Gasteiger partial charge < -0.3 is 5.32 Å². The number of aryl methyl sites for hydroxylation is 1. The van der Waals surface area contributed by atoms with E-state index in [2.05, 4.69) is 20.2 Å². The van der Waals surface area contributed by atoms with Crippen molar-refractivity contribution in [2.24, 2.45) is 0 Å². The van der Waals surface area contributed by atoms with Crippen molar-refractivity contribution in [3.63, 3.8) is 0 Å². The third kappa shape index (κ3) is 4.13. The molecule has 0 radical (unpaired) electrons. The molecule has 0 fully saturated rings. The van der Waals surface area contributed by atoms with E-state index in [-0.39, 0.29) is 17.6 Å². The predicted molar refractivity (Wildman–Crippen MR) is 83.6 cm³/mol. The first-order valence-electron chi connectivity index (χ1n) is 6.67. The van der Waals surface area contributed by atoms with Crippen LogP contribution in [0, 0.1) is 6.92 Å². The van der Waals surface area contributed by atoms with Gasteiger partial charge in [-0.05, 0) is 28.8 Å². The number of H-pyrrole nitrogens is 1. The fraction of sp³-hybridized carbons (Fsp3) is 0.462. The Morgan fingerprint density at radius 3 is 2.67 bits per heavy atom. The van der Waals surface area contributed by atoms with Crippen LogP contribution in [0.1, 0.15) is 30.5 Å². The van der Waals surface area contributed by atoms with Crippen LogP contribution >= 0.6 is 11.3 Å². The molecular weight excluding hydrogens is 308 g/mol. The SMILES string of the molecule is Cc1cscc1CNS(=O)(=O)c1[nH]ncc1CNC(C)C. The highest BCUT2D eigenvalue weighted by Gasteiger charge is 2.20. The minimum absolute atomic E-state index is 0.128. The van der Waals surface area contributed by atoms with Crippen LogP contribution in [0.15, 0.2) is 22.0 Å². The van der Waals surface area contributed by atoms with Crippen LogP contribution in [-0.4, -0.2) is 24.7 Å². The Morgan fingerprint density at radius 2 is 2.05 bits per heavy atom. The minimum atomic E-state index is -3.59. The van der Waals surface area contributed by atoms with Crippen molar-refractivity contribution in [3.8, 4) is 0 Å². The lowest BCUT2D eigenvalue weighted by molar-refractivity contribution is 0.564. The summed E-state index contributed by atoms with van der Waals surface area (Å²) in [7, 11) is -3.59. The van der Waals surface area contributed by atoms with E-state index in [1.807, 2.05) is 31.5 Å². The molecule has 0 aliphatic rings. The van der Waals surface area contributed by atoms with Gasteiger partial charge >= 0.3 is 0 Å². The van der Waals surface area contributed by atoms with Gasteiger partial charge in [0.25, 0.3) is 10.0 Å². The first kappa shape index (κ1) is 16.2. The summed E-state index contributed by atoms with van der Waals surface area (Å²) in [6, 6.07) is 0.275. The van der Waals surface area contributed by atoms with Crippen LogP contribution in [-0.2, 0) is 23.1 Å². The third-order valence-electron chi connectivity index (χ3n) is 3.06. The van der Waals surface area contributed by atoms with Gasteiger partial charge in [-0.2, -0.15) is 16.4 Å². The zero-order chi connectivity index (χ0) is 15.5. The van der Waals surface area contributed by atoms with E-state index in [1.165, 1.54) is 0 Å². The van der Waals surface area contributed by atoms with Crippen molar-refractivity contribution < 1.29 is 8.42 Å². The molecule has 0 saturated carbocycles. The van der Waals surface area contributed by atoms with Gasteiger partial charge in [-0.1, -0.05) is 13.8 Å². The standard InChI is InChI=1S/C13H20N4O2S2/c1-9(2)14-4-11-5-15-17-13(11)21(18,19)16-6-12-8-20-7-10(12)3/h5,7-9,14,16H,4,6H2,1-3H3,(H,15,17). The first-order valence-corrected chi connectivity index (χ1v) is 9.09. The van der Waals surface area contributed by atoms with Gasteiger partial charge in [0.1, 0.15) is 0 Å². The van der Waals surface area contributed by atoms with Crippen molar-refractivity contribution >= 4 is 21.4 Å². The second-order valence-corrected chi connectivity index (χ2v) is 7.61. The van der Waals surface area contributed by atoms with Crippen LogP contribution in [0.5, 0.6) is 0 Å². The molecule has 0 saturated heterocycles. The molecule has 3 N–H and O–H groups in total. The Morgan fingerprint density at radius 1 is 1.29 bits per heavy atom. The van der Waals surface area contributed by atoms with Crippen LogP contribution in [0.4, 0.5) is 0 Å². The highest BCUT2D eigenvalue weighted by molar-refractivity contribution is 7.89.